The first kappa shape index (κ1) is 38.1. The van der Waals surface area contributed by atoms with E-state index >= 15 is 0 Å². The number of rotatable bonds is 16. The zero-order valence-electron chi connectivity index (χ0n) is 27.4. The van der Waals surface area contributed by atoms with Crippen LogP contribution in [0.5, 0.6) is 0 Å². The van der Waals surface area contributed by atoms with Crippen LogP contribution >= 0.6 is 7.60 Å². The summed E-state index contributed by atoms with van der Waals surface area (Å²) in [6.45, 7) is 15.4. The van der Waals surface area contributed by atoms with E-state index in [9.17, 15) is 18.9 Å². The van der Waals surface area contributed by atoms with Crippen LogP contribution < -0.4 is 5.32 Å². The average molecular weight is 624 g/mol. The molecule has 0 radical (unpaired) electrons. The van der Waals surface area contributed by atoms with Crippen LogP contribution in [0, 0.1) is 10.8 Å². The Morgan fingerprint density at radius 3 is 1.93 bits per heavy atom. The van der Waals surface area contributed by atoms with E-state index in [-0.39, 0.29) is 0 Å². The lowest BCUT2D eigenvalue weighted by molar-refractivity contribution is -0.162. The summed E-state index contributed by atoms with van der Waals surface area (Å²) >= 11 is 0. The molecule has 0 bridgehead atoms. The number of anilines is 1. The molecule has 43 heavy (non-hydrogen) atoms. The molecule has 0 saturated heterocycles. The summed E-state index contributed by atoms with van der Waals surface area (Å²) in [6.07, 6.45) is 6.04. The summed E-state index contributed by atoms with van der Waals surface area (Å²) in [5, 5.41) is 3.28. The van der Waals surface area contributed by atoms with Gasteiger partial charge in [0.05, 0.1) is 29.2 Å². The number of allylic oxidation sites excluding steroid dienone is 3. The molecule has 1 unspecified atom stereocenters. The van der Waals surface area contributed by atoms with Gasteiger partial charge in [0.2, 0.25) is 13.6 Å². The van der Waals surface area contributed by atoms with E-state index in [2.05, 4.69) is 11.4 Å². The molecule has 0 saturated carbocycles. The largest absolute Gasteiger partial charge is 0.465 e. The maximum absolute atomic E-state index is 13.7. The van der Waals surface area contributed by atoms with Gasteiger partial charge in [-0.15, -0.1) is 0 Å². The van der Waals surface area contributed by atoms with Crippen LogP contribution in [0.2, 0.25) is 0 Å². The molecule has 1 rings (SSSR count). The van der Waals surface area contributed by atoms with Gasteiger partial charge in [0, 0.05) is 12.2 Å². The third kappa shape index (κ3) is 13.9. The Bertz CT molecular complexity index is 1160. The fourth-order valence-corrected chi connectivity index (χ4v) is 4.76. The molecule has 1 N–H and O–H groups in total. The van der Waals surface area contributed by atoms with Crippen LogP contribution in [0.3, 0.4) is 0 Å². The maximum atomic E-state index is 13.7. The third-order valence-electron chi connectivity index (χ3n) is 6.34. The van der Waals surface area contributed by atoms with Crippen LogP contribution in [-0.4, -0.2) is 50.8 Å². The highest BCUT2D eigenvalue weighted by atomic mass is 31.2. The Morgan fingerprint density at radius 1 is 0.884 bits per heavy atom. The van der Waals surface area contributed by atoms with Crippen LogP contribution in [0.1, 0.15) is 91.9 Å². The number of carbonyl (C=O) groups excluding carboxylic acids is 3. The molecule has 11 heteroatoms. The number of hydrogen-bond donors (Lipinski definition) is 1. The number of carbonyl (C=O) groups is 3. The van der Waals surface area contributed by atoms with E-state index in [4.69, 9.17) is 23.3 Å². The van der Waals surface area contributed by atoms with E-state index in [1.54, 1.807) is 60.6 Å². The van der Waals surface area contributed by atoms with Gasteiger partial charge in [-0.1, -0.05) is 42.4 Å². The van der Waals surface area contributed by atoms with Gasteiger partial charge in [-0.05, 0) is 86.8 Å². The Labute approximate surface area is 257 Å². The van der Waals surface area contributed by atoms with Gasteiger partial charge in [-0.3, -0.25) is 23.2 Å². The SMILES string of the molecule is COC(=O)c1ccccc1NC/C(C)=C/CC/C(C)=C/CC(C)P(=O)(OCOC(=O)C(C)(C)C)OCOC(=O)C(C)(C)C. The second-order valence-electron chi connectivity index (χ2n) is 12.5. The van der Waals surface area contributed by atoms with Crippen molar-refractivity contribution in [3.05, 3.63) is 53.1 Å². The van der Waals surface area contributed by atoms with Crippen LogP contribution in [0.25, 0.3) is 0 Å². The molecule has 0 aliphatic rings. The lowest BCUT2D eigenvalue weighted by atomic mass is 9.98. The number of ether oxygens (including phenoxy) is 3. The van der Waals surface area contributed by atoms with Gasteiger partial charge in [0.15, 0.2) is 0 Å². The Balaban J connectivity index is 2.76. The van der Waals surface area contributed by atoms with Crippen molar-refractivity contribution in [1.82, 2.24) is 0 Å². The summed E-state index contributed by atoms with van der Waals surface area (Å²) in [4.78, 5) is 36.2. The molecule has 242 valence electrons. The minimum atomic E-state index is -3.83. The first-order chi connectivity index (χ1) is 19.9. The Hall–Kier alpha value is -2.94. The van der Waals surface area contributed by atoms with Crippen molar-refractivity contribution in [2.75, 3.05) is 32.6 Å². The van der Waals surface area contributed by atoms with Gasteiger partial charge in [-0.25, -0.2) is 4.79 Å². The molecule has 1 aromatic carbocycles. The maximum Gasteiger partial charge on any atom is 0.339 e. The van der Waals surface area contributed by atoms with Crippen molar-refractivity contribution >= 4 is 31.2 Å². The van der Waals surface area contributed by atoms with E-state index < -0.39 is 55.6 Å². The molecule has 1 atom stereocenters. The van der Waals surface area contributed by atoms with Crippen molar-refractivity contribution < 1.29 is 42.2 Å². The highest BCUT2D eigenvalue weighted by molar-refractivity contribution is 7.54. The number of nitrogens with one attached hydrogen (secondary N) is 1. The van der Waals surface area contributed by atoms with Gasteiger partial charge < -0.3 is 19.5 Å². The summed E-state index contributed by atoms with van der Waals surface area (Å²) in [5.74, 6) is -1.41. The number of hydrogen-bond acceptors (Lipinski definition) is 10. The number of esters is 3. The highest BCUT2D eigenvalue weighted by Crippen LogP contribution is 2.54. The van der Waals surface area contributed by atoms with Crippen molar-refractivity contribution in [3.63, 3.8) is 0 Å². The minimum absolute atomic E-state index is 0.373. The van der Waals surface area contributed by atoms with E-state index in [1.165, 1.54) is 7.11 Å². The minimum Gasteiger partial charge on any atom is -0.465 e. The van der Waals surface area contributed by atoms with Gasteiger partial charge in [-0.2, -0.15) is 0 Å². The third-order valence-corrected chi connectivity index (χ3v) is 8.56. The smallest absolute Gasteiger partial charge is 0.339 e. The average Bonchev–Trinajstić information content (AvgIpc) is 2.93. The monoisotopic (exact) mass is 623 g/mol. The normalized spacial score (nSPS) is 13.7. The summed E-state index contributed by atoms with van der Waals surface area (Å²) in [7, 11) is -2.47. The summed E-state index contributed by atoms with van der Waals surface area (Å²) in [5.41, 5.74) is 1.29. The lowest BCUT2D eigenvalue weighted by Gasteiger charge is -2.25. The summed E-state index contributed by atoms with van der Waals surface area (Å²) < 4.78 is 39.8. The first-order valence-corrected chi connectivity index (χ1v) is 16.0. The van der Waals surface area contributed by atoms with Crippen molar-refractivity contribution in [2.24, 2.45) is 10.8 Å². The van der Waals surface area contributed by atoms with E-state index in [0.717, 1.165) is 24.0 Å². The number of benzene rings is 1. The van der Waals surface area contributed by atoms with E-state index in [1.807, 2.05) is 32.1 Å². The number of methoxy groups -OCH3 is 1. The van der Waals surface area contributed by atoms with Crippen molar-refractivity contribution in [3.8, 4) is 0 Å². The molecule has 0 aliphatic carbocycles. The zero-order valence-corrected chi connectivity index (χ0v) is 28.3. The molecular formula is C32H50NO9P. The number of para-hydroxylation sites is 1. The van der Waals surface area contributed by atoms with Crippen LogP contribution in [0.4, 0.5) is 5.69 Å². The first-order valence-electron chi connectivity index (χ1n) is 14.4. The highest BCUT2D eigenvalue weighted by Gasteiger charge is 2.34. The lowest BCUT2D eigenvalue weighted by Crippen LogP contribution is -2.25. The molecule has 0 spiro atoms. The van der Waals surface area contributed by atoms with Crippen molar-refractivity contribution in [2.45, 2.75) is 87.2 Å². The van der Waals surface area contributed by atoms with Crippen LogP contribution in [0.15, 0.2) is 47.6 Å². The molecule has 0 heterocycles. The van der Waals surface area contributed by atoms with Crippen molar-refractivity contribution in [1.29, 1.82) is 0 Å². The molecule has 10 nitrogen and oxygen atoms in total. The van der Waals surface area contributed by atoms with Gasteiger partial charge in [0.1, 0.15) is 0 Å². The van der Waals surface area contributed by atoms with Gasteiger partial charge in [0.25, 0.3) is 0 Å². The molecular weight excluding hydrogens is 573 g/mol. The Morgan fingerprint density at radius 2 is 1.42 bits per heavy atom. The molecule has 0 amide bonds. The molecule has 1 aromatic rings. The summed E-state index contributed by atoms with van der Waals surface area (Å²) in [6, 6.07) is 7.20. The van der Waals surface area contributed by atoms with Crippen LogP contribution in [-0.2, 0) is 37.4 Å². The fraction of sp³-hybridized carbons (Fsp3) is 0.594. The molecule has 0 aromatic heterocycles. The van der Waals surface area contributed by atoms with E-state index in [0.29, 0.717) is 24.2 Å². The predicted molar refractivity (Wildman–Crippen MR) is 168 cm³/mol. The van der Waals surface area contributed by atoms with Gasteiger partial charge >= 0.3 is 25.5 Å². The molecule has 0 fully saturated rings. The second-order valence-corrected chi connectivity index (χ2v) is 15.0. The zero-order chi connectivity index (χ0) is 32.8. The molecule has 0 aliphatic heterocycles. The topological polar surface area (TPSA) is 126 Å². The Kier molecular flexibility index (Phi) is 15.4. The fourth-order valence-electron chi connectivity index (χ4n) is 3.41. The second kappa shape index (κ2) is 17.4. The standard InChI is InChI=1S/C32H50NO9P/c1-23(14-13-15-24(2)20-33-27-17-12-11-16-26(27)28(34)38-10)18-19-25(3)43(37,41-21-39-29(35)31(4,5)6)42-22-40-30(36)32(7,8)9/h11-12,15-18,25,33H,13-14,19-22H2,1-10H3/b23-18+,24-15+. The predicted octanol–water partition coefficient (Wildman–Crippen LogP) is 7.66. The quantitative estimate of drug-likeness (QED) is 0.0645.